The fraction of sp³-hybridized carbons (Fsp3) is 0.500. The maximum absolute atomic E-state index is 14.8. The SMILES string of the molecule is NC(N)=NC(=O)OCc1cccc(N2CCN(S(=O)(=O)C3CC3)CC2)c1F. The van der Waals surface area contributed by atoms with Gasteiger partial charge in [0.25, 0.3) is 0 Å². The van der Waals surface area contributed by atoms with Crippen LogP contribution < -0.4 is 16.4 Å². The van der Waals surface area contributed by atoms with Gasteiger partial charge in [0.1, 0.15) is 6.61 Å². The number of halogens is 1. The van der Waals surface area contributed by atoms with Crippen LogP contribution in [-0.2, 0) is 21.4 Å². The second-order valence-electron chi connectivity index (χ2n) is 6.47. The van der Waals surface area contributed by atoms with Crippen molar-refractivity contribution in [3.63, 3.8) is 0 Å². The van der Waals surface area contributed by atoms with Crippen molar-refractivity contribution >= 4 is 27.8 Å². The highest BCUT2D eigenvalue weighted by atomic mass is 32.2. The molecule has 1 aromatic rings. The monoisotopic (exact) mass is 399 g/mol. The van der Waals surface area contributed by atoms with E-state index < -0.39 is 27.9 Å². The number of hydrogen-bond acceptors (Lipinski definition) is 5. The summed E-state index contributed by atoms with van der Waals surface area (Å²) in [5, 5.41) is -0.246. The lowest BCUT2D eigenvalue weighted by atomic mass is 10.1. The number of nitrogens with zero attached hydrogens (tertiary/aromatic N) is 3. The van der Waals surface area contributed by atoms with Crippen LogP contribution in [0.1, 0.15) is 18.4 Å². The quantitative estimate of drug-likeness (QED) is 0.539. The zero-order valence-corrected chi connectivity index (χ0v) is 15.5. The van der Waals surface area contributed by atoms with E-state index in [2.05, 4.69) is 4.99 Å². The van der Waals surface area contributed by atoms with Gasteiger partial charge in [0.15, 0.2) is 11.8 Å². The van der Waals surface area contributed by atoms with Crippen LogP contribution in [0.2, 0.25) is 0 Å². The zero-order chi connectivity index (χ0) is 19.6. The Labute approximate surface area is 156 Å². The molecule has 0 spiro atoms. The van der Waals surface area contributed by atoms with Gasteiger partial charge in [-0.25, -0.2) is 17.6 Å². The molecule has 1 amide bonds. The van der Waals surface area contributed by atoms with Crippen LogP contribution in [-0.4, -0.2) is 56.2 Å². The van der Waals surface area contributed by atoms with E-state index in [1.807, 2.05) is 0 Å². The highest BCUT2D eigenvalue weighted by Crippen LogP contribution is 2.32. The summed E-state index contributed by atoms with van der Waals surface area (Å²) in [6.45, 7) is 1.11. The molecule has 9 nitrogen and oxygen atoms in total. The van der Waals surface area contributed by atoms with Gasteiger partial charge in [-0.1, -0.05) is 12.1 Å². The minimum Gasteiger partial charge on any atom is -0.443 e. The number of piperazine rings is 1. The highest BCUT2D eigenvalue weighted by molar-refractivity contribution is 7.90. The third-order valence-electron chi connectivity index (χ3n) is 4.51. The van der Waals surface area contributed by atoms with Crippen molar-refractivity contribution in [1.29, 1.82) is 0 Å². The number of rotatable bonds is 5. The minimum absolute atomic E-state index is 0.180. The molecule has 1 saturated carbocycles. The third-order valence-corrected chi connectivity index (χ3v) is 6.91. The van der Waals surface area contributed by atoms with Crippen LogP contribution >= 0.6 is 0 Å². The van der Waals surface area contributed by atoms with Crippen LogP contribution in [0, 0.1) is 5.82 Å². The predicted octanol–water partition coefficient (Wildman–Crippen LogP) is 0.350. The zero-order valence-electron chi connectivity index (χ0n) is 14.7. The summed E-state index contributed by atoms with van der Waals surface area (Å²) >= 11 is 0. The average Bonchev–Trinajstić information content (AvgIpc) is 3.46. The van der Waals surface area contributed by atoms with E-state index in [9.17, 15) is 17.6 Å². The molecule has 1 heterocycles. The normalized spacial score (nSPS) is 18.2. The van der Waals surface area contributed by atoms with Gasteiger partial charge in [0.2, 0.25) is 10.0 Å². The molecule has 2 fully saturated rings. The van der Waals surface area contributed by atoms with E-state index in [1.54, 1.807) is 17.0 Å². The van der Waals surface area contributed by atoms with Gasteiger partial charge in [-0.15, -0.1) is 4.99 Å². The second-order valence-corrected chi connectivity index (χ2v) is 8.68. The molecule has 0 bridgehead atoms. The van der Waals surface area contributed by atoms with Gasteiger partial charge in [-0.3, -0.25) is 0 Å². The summed E-state index contributed by atoms with van der Waals surface area (Å²) in [6, 6.07) is 4.76. The second kappa shape index (κ2) is 7.69. The smallest absolute Gasteiger partial charge is 0.437 e. The molecule has 0 unspecified atom stereocenters. The largest absolute Gasteiger partial charge is 0.443 e. The number of hydrogen-bond donors (Lipinski definition) is 2. The summed E-state index contributed by atoms with van der Waals surface area (Å²) in [5.74, 6) is -0.957. The number of sulfonamides is 1. The van der Waals surface area contributed by atoms with Crippen LogP contribution in [0.5, 0.6) is 0 Å². The molecule has 2 aliphatic rings. The minimum atomic E-state index is -3.22. The number of carbonyl (C=O) groups is 1. The Morgan fingerprint density at radius 2 is 1.89 bits per heavy atom. The Bertz CT molecular complexity index is 844. The van der Waals surface area contributed by atoms with Crippen molar-refractivity contribution < 1.29 is 22.3 Å². The summed E-state index contributed by atoms with van der Waals surface area (Å²) in [7, 11) is -3.22. The molecule has 0 atom stereocenters. The number of amides is 1. The van der Waals surface area contributed by atoms with E-state index in [1.165, 1.54) is 10.4 Å². The first-order chi connectivity index (χ1) is 12.8. The molecular weight excluding hydrogens is 377 g/mol. The van der Waals surface area contributed by atoms with Gasteiger partial charge in [0.05, 0.1) is 10.9 Å². The average molecular weight is 399 g/mol. The molecule has 0 radical (unpaired) electrons. The summed E-state index contributed by atoms with van der Waals surface area (Å²) in [5.41, 5.74) is 10.7. The number of aliphatic imine (C=N–C) groups is 1. The maximum Gasteiger partial charge on any atom is 0.437 e. The highest BCUT2D eigenvalue weighted by Gasteiger charge is 2.41. The number of ether oxygens (including phenoxy) is 1. The van der Waals surface area contributed by atoms with Crippen molar-refractivity contribution in [2.45, 2.75) is 24.7 Å². The Kier molecular flexibility index (Phi) is 5.51. The van der Waals surface area contributed by atoms with Crippen molar-refractivity contribution in [2.75, 3.05) is 31.1 Å². The maximum atomic E-state index is 14.8. The number of benzene rings is 1. The van der Waals surface area contributed by atoms with Crippen LogP contribution in [0.4, 0.5) is 14.9 Å². The van der Waals surface area contributed by atoms with Crippen molar-refractivity contribution in [2.24, 2.45) is 16.5 Å². The summed E-state index contributed by atoms with van der Waals surface area (Å²) < 4.78 is 45.7. The molecule has 148 valence electrons. The van der Waals surface area contributed by atoms with E-state index in [-0.39, 0.29) is 17.4 Å². The first kappa shape index (κ1) is 19.4. The Morgan fingerprint density at radius 3 is 2.48 bits per heavy atom. The van der Waals surface area contributed by atoms with Crippen molar-refractivity contribution in [1.82, 2.24) is 4.31 Å². The first-order valence-electron chi connectivity index (χ1n) is 8.56. The number of carbonyl (C=O) groups excluding carboxylic acids is 1. The summed E-state index contributed by atoms with van der Waals surface area (Å²) in [4.78, 5) is 16.3. The van der Waals surface area contributed by atoms with E-state index in [0.29, 0.717) is 31.9 Å². The van der Waals surface area contributed by atoms with E-state index in [4.69, 9.17) is 16.2 Å². The van der Waals surface area contributed by atoms with Gasteiger partial charge < -0.3 is 21.1 Å². The fourth-order valence-corrected chi connectivity index (χ4v) is 4.79. The number of nitrogens with two attached hydrogens (primary N) is 2. The van der Waals surface area contributed by atoms with Crippen molar-refractivity contribution in [3.8, 4) is 0 Å². The Balaban J connectivity index is 1.64. The molecule has 3 rings (SSSR count). The Hall–Kier alpha value is -2.40. The van der Waals surface area contributed by atoms with E-state index in [0.717, 1.165) is 12.8 Å². The lowest BCUT2D eigenvalue weighted by Gasteiger charge is -2.35. The first-order valence-corrected chi connectivity index (χ1v) is 10.1. The molecule has 11 heteroatoms. The molecule has 1 saturated heterocycles. The molecule has 1 aliphatic carbocycles. The fourth-order valence-electron chi connectivity index (χ4n) is 2.96. The van der Waals surface area contributed by atoms with Gasteiger partial charge in [0, 0.05) is 31.7 Å². The number of anilines is 1. The van der Waals surface area contributed by atoms with Gasteiger partial charge >= 0.3 is 6.09 Å². The van der Waals surface area contributed by atoms with Crippen molar-refractivity contribution in [3.05, 3.63) is 29.6 Å². The predicted molar refractivity (Wildman–Crippen MR) is 98.1 cm³/mol. The third kappa shape index (κ3) is 4.48. The lowest BCUT2D eigenvalue weighted by molar-refractivity contribution is 0.149. The molecular formula is C16H22FN5O4S. The van der Waals surface area contributed by atoms with Gasteiger partial charge in [-0.05, 0) is 18.9 Å². The topological polar surface area (TPSA) is 131 Å². The molecule has 1 aliphatic heterocycles. The summed E-state index contributed by atoms with van der Waals surface area (Å²) in [6.07, 6.45) is 0.439. The molecule has 27 heavy (non-hydrogen) atoms. The molecule has 4 N–H and O–H groups in total. The van der Waals surface area contributed by atoms with Gasteiger partial charge in [-0.2, -0.15) is 4.31 Å². The Morgan fingerprint density at radius 1 is 1.22 bits per heavy atom. The van der Waals surface area contributed by atoms with Crippen LogP contribution in [0.3, 0.4) is 0 Å². The molecule has 1 aromatic carbocycles. The standard InChI is InChI=1S/C16H22FN5O4S/c17-14-11(10-26-16(23)20-15(18)19)2-1-3-13(14)21-6-8-22(9-7-21)27(24,25)12-4-5-12/h1-3,12H,4-10H2,(H4,18,19,20,23). The van der Waals surface area contributed by atoms with Crippen LogP contribution in [0.25, 0.3) is 0 Å². The lowest BCUT2D eigenvalue weighted by Crippen LogP contribution is -2.49. The van der Waals surface area contributed by atoms with E-state index >= 15 is 0 Å². The molecule has 0 aromatic heterocycles. The van der Waals surface area contributed by atoms with Crippen LogP contribution in [0.15, 0.2) is 23.2 Å². The number of guanidine groups is 1.